The third kappa shape index (κ3) is 5.95. The lowest BCUT2D eigenvalue weighted by Crippen LogP contribution is -2.86. The second-order valence-corrected chi connectivity index (χ2v) is 7.02. The van der Waals surface area contributed by atoms with E-state index in [0.29, 0.717) is 0 Å². The predicted octanol–water partition coefficient (Wildman–Crippen LogP) is 1.93. The van der Waals surface area contributed by atoms with Crippen molar-refractivity contribution in [1.82, 2.24) is 5.43 Å². The van der Waals surface area contributed by atoms with Crippen molar-refractivity contribution in [2.75, 3.05) is 10.6 Å². The summed E-state index contributed by atoms with van der Waals surface area (Å²) in [5.41, 5.74) is 7.38. The van der Waals surface area contributed by atoms with E-state index in [-0.39, 0.29) is 17.4 Å². The SMILES string of the molecule is CC(=O)Nc1cccc(C(C)=[NH+]NC(C)(C)c2cccc(NC(C)=O)c2)c1. The van der Waals surface area contributed by atoms with Crippen LogP contribution in [0, 0.1) is 0 Å². The molecule has 0 bridgehead atoms. The predicted molar refractivity (Wildman–Crippen MR) is 108 cm³/mol. The van der Waals surface area contributed by atoms with Crippen molar-refractivity contribution in [1.29, 1.82) is 0 Å². The van der Waals surface area contributed by atoms with Crippen LogP contribution in [0.1, 0.15) is 45.7 Å². The van der Waals surface area contributed by atoms with Crippen molar-refractivity contribution in [2.24, 2.45) is 0 Å². The fourth-order valence-corrected chi connectivity index (χ4v) is 2.62. The Morgan fingerprint density at radius 3 is 2.00 bits per heavy atom. The highest BCUT2D eigenvalue weighted by molar-refractivity contribution is 5.96. The number of hydrogen-bond acceptors (Lipinski definition) is 3. The first kappa shape index (κ1) is 20.2. The first-order valence-electron chi connectivity index (χ1n) is 8.80. The van der Waals surface area contributed by atoms with Gasteiger partial charge in [-0.1, -0.05) is 18.2 Å². The molecule has 0 aliphatic heterocycles. The molecule has 0 saturated heterocycles. The highest BCUT2D eigenvalue weighted by atomic mass is 16.2. The molecule has 4 N–H and O–H groups in total. The Morgan fingerprint density at radius 1 is 0.852 bits per heavy atom. The molecule has 0 fully saturated rings. The maximum atomic E-state index is 11.3. The van der Waals surface area contributed by atoms with Gasteiger partial charge in [-0.3, -0.25) is 9.59 Å². The first-order valence-corrected chi connectivity index (χ1v) is 8.80. The molecule has 6 heteroatoms. The average molecular weight is 367 g/mol. The third-order valence-electron chi connectivity index (χ3n) is 4.08. The van der Waals surface area contributed by atoms with Crippen LogP contribution in [0.25, 0.3) is 0 Å². The van der Waals surface area contributed by atoms with Gasteiger partial charge in [-0.25, -0.2) is 0 Å². The smallest absolute Gasteiger partial charge is 0.221 e. The molecule has 0 heterocycles. The van der Waals surface area contributed by atoms with Gasteiger partial charge in [0.25, 0.3) is 0 Å². The van der Waals surface area contributed by atoms with Gasteiger partial charge in [-0.15, -0.1) is 5.10 Å². The van der Waals surface area contributed by atoms with E-state index < -0.39 is 0 Å². The molecule has 2 rings (SSSR count). The van der Waals surface area contributed by atoms with Gasteiger partial charge >= 0.3 is 0 Å². The Morgan fingerprint density at radius 2 is 1.41 bits per heavy atom. The van der Waals surface area contributed by atoms with Crippen LogP contribution >= 0.6 is 0 Å². The van der Waals surface area contributed by atoms with E-state index >= 15 is 0 Å². The molecule has 0 atom stereocenters. The number of carbonyl (C=O) groups is 2. The third-order valence-corrected chi connectivity index (χ3v) is 4.08. The Hall–Kier alpha value is -3.15. The van der Waals surface area contributed by atoms with Gasteiger partial charge in [0.2, 0.25) is 17.5 Å². The van der Waals surface area contributed by atoms with Crippen LogP contribution < -0.4 is 21.2 Å². The van der Waals surface area contributed by atoms with Crippen LogP contribution in [0.4, 0.5) is 11.4 Å². The van der Waals surface area contributed by atoms with E-state index in [1.54, 1.807) is 0 Å². The van der Waals surface area contributed by atoms with Gasteiger partial charge in [0.1, 0.15) is 5.54 Å². The standard InChI is InChI=1S/C21H26N4O2/c1-14(17-8-6-10-19(12-17)22-15(2)26)24-25-21(4,5)18-9-7-11-20(13-18)23-16(3)27/h6-13,25H,1-5H3,(H,22,26)(H,23,27)/p+1. The summed E-state index contributed by atoms with van der Waals surface area (Å²) in [5.74, 6) is -0.199. The highest BCUT2D eigenvalue weighted by Gasteiger charge is 2.23. The summed E-state index contributed by atoms with van der Waals surface area (Å²) in [6, 6.07) is 15.4. The molecule has 0 spiro atoms. The minimum Gasteiger partial charge on any atom is -0.326 e. The minimum absolute atomic E-state index is 0.0979. The quantitative estimate of drug-likeness (QED) is 0.465. The number of nitrogens with one attached hydrogen (secondary N) is 4. The van der Waals surface area contributed by atoms with Crippen LogP contribution in [0.15, 0.2) is 48.5 Å². The molecule has 2 aromatic carbocycles. The fraction of sp³-hybridized carbons (Fsp3) is 0.286. The molecule has 142 valence electrons. The minimum atomic E-state index is -0.384. The van der Waals surface area contributed by atoms with Gasteiger partial charge in [0.15, 0.2) is 0 Å². The van der Waals surface area contributed by atoms with E-state index in [1.165, 1.54) is 13.8 Å². The van der Waals surface area contributed by atoms with E-state index in [9.17, 15) is 9.59 Å². The highest BCUT2D eigenvalue weighted by Crippen LogP contribution is 2.21. The molecule has 6 nitrogen and oxygen atoms in total. The summed E-state index contributed by atoms with van der Waals surface area (Å²) in [6.45, 7) is 9.04. The number of amides is 2. The van der Waals surface area contributed by atoms with Crippen molar-refractivity contribution in [3.8, 4) is 0 Å². The van der Waals surface area contributed by atoms with Crippen LogP contribution in [0.5, 0.6) is 0 Å². The van der Waals surface area contributed by atoms with Crippen LogP contribution in [-0.4, -0.2) is 17.5 Å². The lowest BCUT2D eigenvalue weighted by molar-refractivity contribution is -0.543. The molecule has 0 aromatic heterocycles. The molecule has 27 heavy (non-hydrogen) atoms. The Kier molecular flexibility index (Phi) is 6.34. The van der Waals surface area contributed by atoms with Crippen molar-refractivity contribution in [3.05, 3.63) is 59.7 Å². The summed E-state index contributed by atoms with van der Waals surface area (Å²) < 4.78 is 0. The molecule has 2 amide bonds. The van der Waals surface area contributed by atoms with Crippen molar-refractivity contribution < 1.29 is 14.7 Å². The molecule has 2 aromatic rings. The monoisotopic (exact) mass is 367 g/mol. The maximum Gasteiger partial charge on any atom is 0.221 e. The molecule has 0 unspecified atom stereocenters. The lowest BCUT2D eigenvalue weighted by Gasteiger charge is -2.22. The molecule has 0 aliphatic rings. The lowest BCUT2D eigenvalue weighted by atomic mass is 9.95. The Labute approximate surface area is 160 Å². The zero-order chi connectivity index (χ0) is 20.0. The van der Waals surface area contributed by atoms with Crippen molar-refractivity contribution >= 4 is 28.9 Å². The average Bonchev–Trinajstić information content (AvgIpc) is 2.59. The van der Waals surface area contributed by atoms with E-state index in [2.05, 4.69) is 21.2 Å². The maximum absolute atomic E-state index is 11.3. The van der Waals surface area contributed by atoms with E-state index in [0.717, 1.165) is 28.2 Å². The van der Waals surface area contributed by atoms with Gasteiger partial charge in [0, 0.05) is 37.7 Å². The second kappa shape index (κ2) is 8.49. The molecule has 0 saturated carbocycles. The summed E-state index contributed by atoms with van der Waals surface area (Å²) in [4.78, 5) is 22.5. The van der Waals surface area contributed by atoms with E-state index in [4.69, 9.17) is 0 Å². The van der Waals surface area contributed by atoms with Crippen LogP contribution in [0.2, 0.25) is 0 Å². The van der Waals surface area contributed by atoms with Gasteiger partial charge < -0.3 is 10.6 Å². The number of hydrazone groups is 1. The second-order valence-electron chi connectivity index (χ2n) is 7.02. The van der Waals surface area contributed by atoms with Crippen LogP contribution in [-0.2, 0) is 15.1 Å². The zero-order valence-corrected chi connectivity index (χ0v) is 16.4. The normalized spacial score (nSPS) is 11.7. The van der Waals surface area contributed by atoms with E-state index in [1.807, 2.05) is 69.3 Å². The summed E-state index contributed by atoms with van der Waals surface area (Å²) >= 11 is 0. The number of benzene rings is 2. The Bertz CT molecular complexity index is 872. The zero-order valence-electron chi connectivity index (χ0n) is 16.4. The fourth-order valence-electron chi connectivity index (χ4n) is 2.62. The largest absolute Gasteiger partial charge is 0.326 e. The summed E-state index contributed by atoms with van der Waals surface area (Å²) in [5, 5.41) is 8.83. The number of rotatable bonds is 6. The summed E-state index contributed by atoms with van der Waals surface area (Å²) in [7, 11) is 0. The number of hydrazine groups is 1. The molecular weight excluding hydrogens is 340 g/mol. The molecule has 0 radical (unpaired) electrons. The number of carbonyl (C=O) groups excluding carboxylic acids is 2. The molecular formula is C21H27N4O2+. The molecule has 0 aliphatic carbocycles. The number of anilines is 2. The van der Waals surface area contributed by atoms with Gasteiger partial charge in [-0.05, 0) is 49.7 Å². The van der Waals surface area contributed by atoms with Crippen molar-refractivity contribution in [2.45, 2.75) is 40.2 Å². The van der Waals surface area contributed by atoms with Gasteiger partial charge in [0.05, 0.1) is 0 Å². The first-order chi connectivity index (χ1) is 12.7. The Balaban J connectivity index is 2.17. The van der Waals surface area contributed by atoms with Crippen molar-refractivity contribution in [3.63, 3.8) is 0 Å². The van der Waals surface area contributed by atoms with Crippen LogP contribution in [0.3, 0.4) is 0 Å². The van der Waals surface area contributed by atoms with Gasteiger partial charge in [-0.2, -0.15) is 5.43 Å². The summed E-state index contributed by atoms with van der Waals surface area (Å²) in [6.07, 6.45) is 0. The number of hydrogen-bond donors (Lipinski definition) is 4. The topological polar surface area (TPSA) is 84.2 Å².